The number of hydrogen-bond donors (Lipinski definition) is 1. The molecule has 156 valence electrons. The van der Waals surface area contributed by atoms with Crippen LogP contribution in [-0.2, 0) is 0 Å². The van der Waals surface area contributed by atoms with Crippen LogP contribution >= 0.6 is 0 Å². The largest absolute Gasteiger partial charge is 0.495 e. The highest BCUT2D eigenvalue weighted by atomic mass is 16.5. The van der Waals surface area contributed by atoms with Crippen LogP contribution in [0.5, 0.6) is 5.75 Å². The third-order valence-corrected chi connectivity index (χ3v) is 6.04. The number of aromatic nitrogens is 2. The molecule has 0 amide bonds. The molecule has 0 radical (unpaired) electrons. The van der Waals surface area contributed by atoms with Crippen LogP contribution in [-0.4, -0.2) is 49.3 Å². The molecule has 6 nitrogen and oxygen atoms in total. The third kappa shape index (κ3) is 4.92. The molecule has 2 heterocycles. The standard InChI is InChI=1S/C23H33N5O/c1-18-17-22(25-19-9-5-3-4-6-10-19)26-23(24-18)28-15-13-27(14-16-28)20-11-7-8-12-21(20)29-2/h7-8,11-12,17,19H,3-6,9-10,13-16H2,1-2H3,(H,24,25,26). The average molecular weight is 396 g/mol. The lowest BCUT2D eigenvalue weighted by atomic mass is 10.1. The maximum absolute atomic E-state index is 5.53. The molecule has 6 heteroatoms. The smallest absolute Gasteiger partial charge is 0.227 e. The van der Waals surface area contributed by atoms with E-state index in [1.807, 2.05) is 12.1 Å². The van der Waals surface area contributed by atoms with Crippen molar-refractivity contribution in [3.05, 3.63) is 36.0 Å². The van der Waals surface area contributed by atoms with Crippen LogP contribution in [0, 0.1) is 6.92 Å². The first-order valence-corrected chi connectivity index (χ1v) is 11.0. The molecule has 2 aromatic rings. The summed E-state index contributed by atoms with van der Waals surface area (Å²) in [7, 11) is 1.73. The van der Waals surface area contributed by atoms with Crippen molar-refractivity contribution in [2.75, 3.05) is 48.4 Å². The number of hydrogen-bond acceptors (Lipinski definition) is 6. The summed E-state index contributed by atoms with van der Waals surface area (Å²) in [6.45, 7) is 5.75. The summed E-state index contributed by atoms with van der Waals surface area (Å²) < 4.78 is 5.53. The van der Waals surface area contributed by atoms with Gasteiger partial charge in [-0.2, -0.15) is 4.98 Å². The van der Waals surface area contributed by atoms with Gasteiger partial charge in [0.05, 0.1) is 12.8 Å². The number of nitrogens with zero attached hydrogens (tertiary/aromatic N) is 4. The van der Waals surface area contributed by atoms with Crippen molar-refractivity contribution in [1.82, 2.24) is 9.97 Å². The second-order valence-electron chi connectivity index (χ2n) is 8.17. The minimum absolute atomic E-state index is 0.544. The van der Waals surface area contributed by atoms with Gasteiger partial charge >= 0.3 is 0 Å². The maximum atomic E-state index is 5.53. The van der Waals surface area contributed by atoms with Gasteiger partial charge in [-0.05, 0) is 31.9 Å². The SMILES string of the molecule is COc1ccccc1N1CCN(c2nc(C)cc(NC3CCCCCC3)n2)CC1. The van der Waals surface area contributed by atoms with Crippen molar-refractivity contribution < 1.29 is 4.74 Å². The Morgan fingerprint density at radius 2 is 1.62 bits per heavy atom. The summed E-state index contributed by atoms with van der Waals surface area (Å²) in [6, 6.07) is 10.9. The van der Waals surface area contributed by atoms with E-state index in [0.717, 1.165) is 55.1 Å². The summed E-state index contributed by atoms with van der Waals surface area (Å²) in [6.07, 6.45) is 7.86. The van der Waals surface area contributed by atoms with E-state index in [4.69, 9.17) is 14.7 Å². The van der Waals surface area contributed by atoms with Gasteiger partial charge in [0, 0.05) is 44.0 Å². The third-order valence-electron chi connectivity index (χ3n) is 6.04. The number of anilines is 3. The molecular formula is C23H33N5O. The van der Waals surface area contributed by atoms with E-state index >= 15 is 0 Å². The van der Waals surface area contributed by atoms with E-state index in [2.05, 4.69) is 40.2 Å². The molecule has 2 aliphatic rings. The normalized spacial score (nSPS) is 18.4. The van der Waals surface area contributed by atoms with E-state index in [1.165, 1.54) is 38.5 Å². The summed E-state index contributed by atoms with van der Waals surface area (Å²) >= 11 is 0. The average Bonchev–Trinajstić information content (AvgIpc) is 3.02. The van der Waals surface area contributed by atoms with Gasteiger partial charge in [-0.15, -0.1) is 0 Å². The number of rotatable bonds is 5. The Morgan fingerprint density at radius 3 is 2.34 bits per heavy atom. The molecule has 1 aliphatic heterocycles. The predicted molar refractivity (Wildman–Crippen MR) is 119 cm³/mol. The number of ether oxygens (including phenoxy) is 1. The van der Waals surface area contributed by atoms with Gasteiger partial charge in [0.2, 0.25) is 5.95 Å². The lowest BCUT2D eigenvalue weighted by Gasteiger charge is -2.36. The molecule has 0 unspecified atom stereocenters. The molecule has 4 rings (SSSR count). The van der Waals surface area contributed by atoms with Crippen molar-refractivity contribution in [2.45, 2.75) is 51.5 Å². The molecule has 1 N–H and O–H groups in total. The Kier molecular flexibility index (Phi) is 6.37. The monoisotopic (exact) mass is 395 g/mol. The first-order valence-electron chi connectivity index (χ1n) is 11.0. The zero-order valence-electron chi connectivity index (χ0n) is 17.7. The van der Waals surface area contributed by atoms with Crippen LogP contribution in [0.2, 0.25) is 0 Å². The van der Waals surface area contributed by atoms with Crippen LogP contribution < -0.4 is 19.9 Å². The summed E-state index contributed by atoms with van der Waals surface area (Å²) in [5.74, 6) is 2.76. The number of methoxy groups -OCH3 is 1. The summed E-state index contributed by atoms with van der Waals surface area (Å²) in [5.41, 5.74) is 2.19. The fourth-order valence-electron chi connectivity index (χ4n) is 4.44. The minimum Gasteiger partial charge on any atom is -0.495 e. The molecule has 1 aromatic carbocycles. The van der Waals surface area contributed by atoms with Crippen molar-refractivity contribution in [3.63, 3.8) is 0 Å². The van der Waals surface area contributed by atoms with E-state index < -0.39 is 0 Å². The molecule has 0 atom stereocenters. The predicted octanol–water partition coefficient (Wildman–Crippen LogP) is 4.25. The quantitative estimate of drug-likeness (QED) is 0.764. The number of benzene rings is 1. The van der Waals surface area contributed by atoms with Crippen LogP contribution in [0.25, 0.3) is 0 Å². The van der Waals surface area contributed by atoms with Crippen LogP contribution in [0.1, 0.15) is 44.2 Å². The molecule has 1 saturated heterocycles. The molecule has 29 heavy (non-hydrogen) atoms. The Hall–Kier alpha value is -2.50. The lowest BCUT2D eigenvalue weighted by molar-refractivity contribution is 0.413. The van der Waals surface area contributed by atoms with Crippen molar-refractivity contribution >= 4 is 17.5 Å². The second kappa shape index (κ2) is 9.33. The first kappa shape index (κ1) is 19.8. The van der Waals surface area contributed by atoms with Crippen molar-refractivity contribution in [3.8, 4) is 5.75 Å². The van der Waals surface area contributed by atoms with E-state index in [9.17, 15) is 0 Å². The lowest BCUT2D eigenvalue weighted by Crippen LogP contribution is -2.47. The number of piperazine rings is 1. The summed E-state index contributed by atoms with van der Waals surface area (Å²) in [4.78, 5) is 14.3. The molecular weight excluding hydrogens is 362 g/mol. The van der Waals surface area contributed by atoms with Gasteiger partial charge in [-0.25, -0.2) is 4.98 Å². The van der Waals surface area contributed by atoms with Gasteiger partial charge in [0.15, 0.2) is 0 Å². The molecule has 0 bridgehead atoms. The fraction of sp³-hybridized carbons (Fsp3) is 0.565. The van der Waals surface area contributed by atoms with Gasteiger partial charge in [0.25, 0.3) is 0 Å². The van der Waals surface area contributed by atoms with Crippen LogP contribution in [0.4, 0.5) is 17.5 Å². The van der Waals surface area contributed by atoms with E-state index in [1.54, 1.807) is 7.11 Å². The highest BCUT2D eigenvalue weighted by molar-refractivity contribution is 5.59. The van der Waals surface area contributed by atoms with Crippen LogP contribution in [0.3, 0.4) is 0 Å². The topological polar surface area (TPSA) is 53.5 Å². The van der Waals surface area contributed by atoms with Crippen LogP contribution in [0.15, 0.2) is 30.3 Å². The minimum atomic E-state index is 0.544. The molecule has 1 aliphatic carbocycles. The molecule has 0 spiro atoms. The number of aryl methyl sites for hydroxylation is 1. The highest BCUT2D eigenvalue weighted by Gasteiger charge is 2.22. The molecule has 1 aromatic heterocycles. The Labute approximate surface area is 174 Å². The van der Waals surface area contributed by atoms with Crippen molar-refractivity contribution in [2.24, 2.45) is 0 Å². The molecule has 2 fully saturated rings. The number of para-hydroxylation sites is 2. The zero-order chi connectivity index (χ0) is 20.1. The van der Waals surface area contributed by atoms with Gasteiger partial charge < -0.3 is 19.9 Å². The number of nitrogens with one attached hydrogen (secondary N) is 1. The van der Waals surface area contributed by atoms with Gasteiger partial charge in [-0.3, -0.25) is 0 Å². The highest BCUT2D eigenvalue weighted by Crippen LogP contribution is 2.29. The zero-order valence-corrected chi connectivity index (χ0v) is 17.7. The Bertz CT molecular complexity index is 796. The van der Waals surface area contributed by atoms with Crippen molar-refractivity contribution in [1.29, 1.82) is 0 Å². The Balaban J connectivity index is 1.42. The fourth-order valence-corrected chi connectivity index (χ4v) is 4.44. The molecule has 1 saturated carbocycles. The van der Waals surface area contributed by atoms with Gasteiger partial charge in [-0.1, -0.05) is 37.8 Å². The van der Waals surface area contributed by atoms with E-state index in [0.29, 0.717) is 6.04 Å². The Morgan fingerprint density at radius 1 is 0.931 bits per heavy atom. The second-order valence-corrected chi connectivity index (χ2v) is 8.17. The maximum Gasteiger partial charge on any atom is 0.227 e. The van der Waals surface area contributed by atoms with Gasteiger partial charge in [0.1, 0.15) is 11.6 Å². The summed E-state index contributed by atoms with van der Waals surface area (Å²) in [5, 5.41) is 3.69. The van der Waals surface area contributed by atoms with E-state index in [-0.39, 0.29) is 0 Å². The first-order chi connectivity index (χ1) is 14.2.